The Morgan fingerprint density at radius 3 is 0.805 bits per heavy atom. The van der Waals surface area contributed by atoms with E-state index in [0.29, 0.717) is 0 Å². The van der Waals surface area contributed by atoms with E-state index in [0.717, 1.165) is 209 Å². The van der Waals surface area contributed by atoms with Crippen LogP contribution in [-0.2, 0) is 51.4 Å². The number of aliphatic hydroxyl groups is 1. The largest absolute Gasteiger partial charge is 0.383 e. The lowest BCUT2D eigenvalue weighted by Crippen LogP contribution is -2.09. The second-order valence-corrected chi connectivity index (χ2v) is 22.6. The quantitative estimate of drug-likeness (QED) is 0.0584. The summed E-state index contributed by atoms with van der Waals surface area (Å²) in [4.78, 5) is 39.1. The van der Waals surface area contributed by atoms with E-state index < -0.39 is 6.10 Å². The van der Waals surface area contributed by atoms with Gasteiger partial charge in [0.15, 0.2) is 0 Å². The highest BCUT2D eigenvalue weighted by Crippen LogP contribution is 2.48. The number of hydrogen-bond donors (Lipinski definition) is 5. The number of allylic oxidation sites excluding steroid dienone is 8. The summed E-state index contributed by atoms with van der Waals surface area (Å²) in [7, 11) is 0. The number of H-pyrrole nitrogens is 4. The Bertz CT molecular complexity index is 4020. The van der Waals surface area contributed by atoms with Crippen LogP contribution in [0.5, 0.6) is 0 Å². The second-order valence-electron chi connectivity index (χ2n) is 22.6. The smallest absolute Gasteiger partial charge is 0.112 e. The van der Waals surface area contributed by atoms with Gasteiger partial charge in [0.2, 0.25) is 0 Å². The van der Waals surface area contributed by atoms with Crippen LogP contribution in [0.2, 0.25) is 0 Å². The highest BCUT2D eigenvalue weighted by atomic mass is 16.3. The van der Waals surface area contributed by atoms with Crippen molar-refractivity contribution in [1.29, 1.82) is 0 Å². The second kappa shape index (κ2) is 24.2. The Balaban J connectivity index is 1.49. The Labute approximate surface area is 488 Å². The Morgan fingerprint density at radius 1 is 0.268 bits per heavy atom. The number of aryl methyl sites for hydroxylation is 8. The fraction of sp³-hybridized carbons (Fsp3) is 0.452. The first-order valence-corrected chi connectivity index (χ1v) is 32.1. The molecule has 0 spiro atoms. The van der Waals surface area contributed by atoms with Gasteiger partial charge in [0.1, 0.15) is 6.10 Å². The van der Waals surface area contributed by atoms with Gasteiger partial charge < -0.3 is 25.0 Å². The molecule has 16 bridgehead atoms. The molecule has 1 unspecified atom stereocenters. The fourth-order valence-corrected chi connectivity index (χ4v) is 15.1. The average Bonchev–Trinajstić information content (AvgIpc) is 4.38. The molecule has 0 amide bonds. The van der Waals surface area contributed by atoms with Crippen LogP contribution in [0.3, 0.4) is 0 Å². The lowest BCUT2D eigenvalue weighted by Gasteiger charge is -2.19. The summed E-state index contributed by atoms with van der Waals surface area (Å²) in [5.74, 6) is 0. The molecule has 9 heteroatoms. The minimum Gasteiger partial charge on any atom is -0.383 e. The van der Waals surface area contributed by atoms with Gasteiger partial charge in [0.05, 0.1) is 56.6 Å². The molecule has 0 fully saturated rings. The number of nitrogens with zero attached hydrogens (tertiary/aromatic N) is 4. The number of nitrogens with one attached hydrogen (secondary N) is 4. The molecular weight excluding hydrogens is 1000 g/mol. The summed E-state index contributed by atoms with van der Waals surface area (Å²) in [5, 5.41) is 14.8. The maximum Gasteiger partial charge on any atom is 0.112 e. The summed E-state index contributed by atoms with van der Waals surface area (Å²) in [6, 6.07) is 13.9. The predicted molar refractivity (Wildman–Crippen MR) is 351 cm³/mol. The molecule has 430 valence electrons. The van der Waals surface area contributed by atoms with Crippen molar-refractivity contribution in [2.75, 3.05) is 0 Å². The zero-order valence-electron chi connectivity index (χ0n) is 52.6. The monoisotopic (exact) mass is 1100 g/mol. The van der Waals surface area contributed by atoms with Crippen LogP contribution in [-0.4, -0.2) is 45.0 Å². The topological polar surface area (TPSA) is 135 Å². The van der Waals surface area contributed by atoms with Gasteiger partial charge in [0, 0.05) is 44.2 Å². The molecule has 0 saturated carbocycles. The summed E-state index contributed by atoms with van der Waals surface area (Å²) in [5.41, 5.74) is 37.8. The number of rotatable bonds is 18. The molecule has 0 saturated heterocycles. The maximum absolute atomic E-state index is 14.8. The van der Waals surface area contributed by atoms with Crippen LogP contribution < -0.4 is 0 Å². The van der Waals surface area contributed by atoms with Crippen LogP contribution in [0, 0.1) is 0 Å². The zero-order valence-corrected chi connectivity index (χ0v) is 52.6. The first-order chi connectivity index (χ1) is 39.9. The number of aliphatic hydroxyl groups excluding tert-OH is 1. The SMILES string of the molecule is CCC1=C(CC)c2cc3[nH]c(cc4[nH]c(c(CC)c4CC)c(C(O)c4c5nc(cc6[nH]c(cc7nc(cc8[nH]c4c(CC)c8CC)C(CC)=C7CC)c(CC)c6CC)C(CC)=C5CC)c4nc(cc1n2)C(CC)=C4CC)c(CC)c3CC. The molecule has 0 aliphatic carbocycles. The van der Waals surface area contributed by atoms with E-state index in [1.165, 1.54) is 83.5 Å². The Kier molecular flexibility index (Phi) is 17.2. The van der Waals surface area contributed by atoms with Crippen molar-refractivity contribution in [1.82, 2.24) is 39.9 Å². The number of aromatic nitrogens is 8. The third-order valence-corrected chi connectivity index (χ3v) is 18.8. The van der Waals surface area contributed by atoms with E-state index in [1.807, 2.05) is 0 Å². The summed E-state index contributed by atoms with van der Waals surface area (Å²) >= 11 is 0. The van der Waals surface area contributed by atoms with Gasteiger partial charge in [-0.2, -0.15) is 0 Å². The number of fused-ring (bicyclic) bond motifs is 16. The first-order valence-electron chi connectivity index (χ1n) is 32.1. The molecule has 6 aromatic heterocycles. The number of aromatic amines is 4. The summed E-state index contributed by atoms with van der Waals surface area (Å²) < 4.78 is 0. The molecule has 4 aliphatic rings. The van der Waals surface area contributed by atoms with Gasteiger partial charge in [-0.25, -0.2) is 19.9 Å². The predicted octanol–water partition coefficient (Wildman–Crippen LogP) is 19.4. The van der Waals surface area contributed by atoms with Crippen molar-refractivity contribution in [2.45, 2.75) is 220 Å². The van der Waals surface area contributed by atoms with E-state index in [1.54, 1.807) is 0 Å². The standard InChI is InChI=1S/C73H92N8O/c1-17-39-43(21-5)59-35-63-47(25-9)51(29-13)69(78-63)67(70-52(30-14)48(26-10)64(79-70)36-60-44(22-6)40(18-2)56(75-60)33-55(39)74-59)73(82)68-71-53(31-15)49(27-11)65(80-71)37-61-45(23-7)41(19-3)57(76-61)34-58-42(20-4)46(24-8)62(77-58)38-66-50(28-12)54(32-16)72(68)81-66/h33-38,73-74,76,78,81-82H,17-32H2,1-16H3. The van der Waals surface area contributed by atoms with Crippen LogP contribution in [0.25, 0.3) is 88.7 Å². The van der Waals surface area contributed by atoms with Crippen molar-refractivity contribution >= 4 is 88.7 Å². The summed E-state index contributed by atoms with van der Waals surface area (Å²) in [6.07, 6.45) is 12.1. The highest BCUT2D eigenvalue weighted by molar-refractivity contribution is 6.00. The third kappa shape index (κ3) is 9.41. The van der Waals surface area contributed by atoms with Crippen molar-refractivity contribution in [3.05, 3.63) is 138 Å². The van der Waals surface area contributed by atoms with Crippen LogP contribution in [0.1, 0.15) is 269 Å². The van der Waals surface area contributed by atoms with Crippen molar-refractivity contribution in [2.24, 2.45) is 0 Å². The van der Waals surface area contributed by atoms with E-state index in [-0.39, 0.29) is 0 Å². The van der Waals surface area contributed by atoms with E-state index in [4.69, 9.17) is 19.9 Å². The van der Waals surface area contributed by atoms with E-state index in [2.05, 4.69) is 167 Å². The minimum absolute atomic E-state index is 0.741. The molecule has 1 atom stereocenters. The van der Waals surface area contributed by atoms with Crippen molar-refractivity contribution in [3.63, 3.8) is 0 Å². The van der Waals surface area contributed by atoms with Gasteiger partial charge in [-0.3, -0.25) is 0 Å². The average molecular weight is 1100 g/mol. The molecule has 0 radical (unpaired) electrons. The lowest BCUT2D eigenvalue weighted by molar-refractivity contribution is 0.221. The van der Waals surface area contributed by atoms with Gasteiger partial charge >= 0.3 is 0 Å². The van der Waals surface area contributed by atoms with Crippen LogP contribution in [0.4, 0.5) is 0 Å². The molecule has 0 aromatic carbocycles. The fourth-order valence-electron chi connectivity index (χ4n) is 15.1. The van der Waals surface area contributed by atoms with Gasteiger partial charge in [-0.15, -0.1) is 0 Å². The first kappa shape index (κ1) is 58.4. The van der Waals surface area contributed by atoms with Gasteiger partial charge in [-0.1, -0.05) is 111 Å². The Hall–Kier alpha value is -6.84. The summed E-state index contributed by atoms with van der Waals surface area (Å²) in [6.45, 7) is 36.3. The molecule has 6 aromatic rings. The van der Waals surface area contributed by atoms with Crippen LogP contribution >= 0.6 is 0 Å². The van der Waals surface area contributed by atoms with Crippen molar-refractivity contribution in [3.8, 4) is 0 Å². The normalized spacial score (nSPS) is 14.2. The van der Waals surface area contributed by atoms with Gasteiger partial charge in [0.25, 0.3) is 0 Å². The van der Waals surface area contributed by atoms with Gasteiger partial charge in [-0.05, 0) is 228 Å². The van der Waals surface area contributed by atoms with Crippen molar-refractivity contribution < 1.29 is 5.11 Å². The Morgan fingerprint density at radius 2 is 0.500 bits per heavy atom. The minimum atomic E-state index is -1.19. The molecule has 4 aliphatic heterocycles. The molecule has 9 nitrogen and oxygen atoms in total. The molecule has 5 N–H and O–H groups in total. The number of hydrogen-bond acceptors (Lipinski definition) is 5. The highest BCUT2D eigenvalue weighted by Gasteiger charge is 2.34. The zero-order chi connectivity index (χ0) is 58.4. The lowest BCUT2D eigenvalue weighted by atomic mass is 9.88. The van der Waals surface area contributed by atoms with E-state index >= 15 is 0 Å². The molecular formula is C73H92N8O. The molecule has 10 rings (SSSR count). The maximum atomic E-state index is 14.8. The van der Waals surface area contributed by atoms with Crippen LogP contribution in [0.15, 0.2) is 36.4 Å². The molecule has 82 heavy (non-hydrogen) atoms. The molecule has 10 heterocycles. The van der Waals surface area contributed by atoms with E-state index in [9.17, 15) is 5.11 Å². The third-order valence-electron chi connectivity index (χ3n) is 18.8.